The molecule has 0 aliphatic carbocycles. The Kier molecular flexibility index (Phi) is 6.33. The van der Waals surface area contributed by atoms with E-state index in [1.807, 2.05) is 98.8 Å². The maximum Gasteiger partial charge on any atom is 0.273 e. The number of aromatic amines is 1. The van der Waals surface area contributed by atoms with Crippen LogP contribution < -0.4 is 4.74 Å². The molecular formula is C32H26ClN3O3. The van der Waals surface area contributed by atoms with Gasteiger partial charge in [-0.25, -0.2) is 0 Å². The van der Waals surface area contributed by atoms with Crippen molar-refractivity contribution >= 4 is 17.5 Å². The Morgan fingerprint density at radius 1 is 0.949 bits per heavy atom. The van der Waals surface area contributed by atoms with Gasteiger partial charge in [-0.3, -0.25) is 9.89 Å². The molecule has 7 heteroatoms. The van der Waals surface area contributed by atoms with Crippen molar-refractivity contribution in [1.29, 1.82) is 0 Å². The van der Waals surface area contributed by atoms with Crippen LogP contribution in [0.15, 0.2) is 91.0 Å². The summed E-state index contributed by atoms with van der Waals surface area (Å²) in [5.41, 5.74) is 5.78. The summed E-state index contributed by atoms with van der Waals surface area (Å²) in [6.07, 6.45) is 0. The van der Waals surface area contributed by atoms with E-state index >= 15 is 0 Å². The molecule has 1 aliphatic heterocycles. The SMILES string of the molecule is Cc1cc(C)c(-c2n[nH]c3c2C(c2cccc(Oc4ccccc4)c2)N(Cc2ccccc2Cl)C3=O)c(O)c1. The highest BCUT2D eigenvalue weighted by Gasteiger charge is 2.43. The number of aryl methyl sites for hydroxylation is 2. The van der Waals surface area contributed by atoms with Gasteiger partial charge in [-0.2, -0.15) is 5.10 Å². The van der Waals surface area contributed by atoms with E-state index < -0.39 is 6.04 Å². The molecule has 1 aromatic heterocycles. The topological polar surface area (TPSA) is 78.5 Å². The van der Waals surface area contributed by atoms with Crippen molar-refractivity contribution < 1.29 is 14.6 Å². The molecule has 0 fully saturated rings. The highest BCUT2D eigenvalue weighted by atomic mass is 35.5. The van der Waals surface area contributed by atoms with Crippen LogP contribution >= 0.6 is 11.6 Å². The number of ether oxygens (including phenoxy) is 1. The Morgan fingerprint density at radius 3 is 2.46 bits per heavy atom. The summed E-state index contributed by atoms with van der Waals surface area (Å²) in [7, 11) is 0. The standard InChI is InChI=1S/C32H26ClN3O3/c1-19-15-20(2)27(26(37)16-19)29-28-30(35-34-29)32(38)36(18-22-9-6-7-14-25(22)33)31(28)21-10-8-13-24(17-21)39-23-11-4-3-5-12-23/h3-17,31,37H,18H2,1-2H3,(H,34,35). The van der Waals surface area contributed by atoms with E-state index in [2.05, 4.69) is 10.2 Å². The molecule has 0 radical (unpaired) electrons. The molecule has 2 heterocycles. The molecule has 6 rings (SSSR count). The second kappa shape index (κ2) is 9.97. The van der Waals surface area contributed by atoms with Crippen LogP contribution in [-0.4, -0.2) is 26.1 Å². The summed E-state index contributed by atoms with van der Waals surface area (Å²) >= 11 is 6.52. The fourth-order valence-corrected chi connectivity index (χ4v) is 5.53. The van der Waals surface area contributed by atoms with Crippen LogP contribution in [-0.2, 0) is 6.54 Å². The minimum atomic E-state index is -0.489. The van der Waals surface area contributed by atoms with Crippen molar-refractivity contribution in [2.24, 2.45) is 0 Å². The maximum atomic E-state index is 13.9. The Bertz CT molecular complexity index is 1670. The third-order valence-corrected chi connectivity index (χ3v) is 7.38. The Labute approximate surface area is 231 Å². The second-order valence-corrected chi connectivity index (χ2v) is 10.2. The van der Waals surface area contributed by atoms with Crippen molar-refractivity contribution in [3.8, 4) is 28.5 Å². The molecule has 0 saturated heterocycles. The third-order valence-electron chi connectivity index (χ3n) is 7.01. The van der Waals surface area contributed by atoms with E-state index in [1.165, 1.54) is 0 Å². The number of phenolic OH excluding ortho intramolecular Hbond substituents is 1. The number of rotatable bonds is 6. The lowest BCUT2D eigenvalue weighted by molar-refractivity contribution is 0.0730. The zero-order valence-corrected chi connectivity index (χ0v) is 22.2. The van der Waals surface area contributed by atoms with Gasteiger partial charge in [-0.05, 0) is 72.5 Å². The van der Waals surface area contributed by atoms with Crippen molar-refractivity contribution in [1.82, 2.24) is 15.1 Å². The van der Waals surface area contributed by atoms with E-state index in [0.717, 1.165) is 28.0 Å². The number of nitrogens with zero attached hydrogens (tertiary/aromatic N) is 2. The second-order valence-electron chi connectivity index (χ2n) is 9.75. The first-order valence-electron chi connectivity index (χ1n) is 12.7. The van der Waals surface area contributed by atoms with Crippen molar-refractivity contribution in [3.63, 3.8) is 0 Å². The number of aromatic nitrogens is 2. The van der Waals surface area contributed by atoms with Gasteiger partial charge in [0.05, 0.1) is 6.04 Å². The van der Waals surface area contributed by atoms with Crippen LogP contribution in [0.2, 0.25) is 5.02 Å². The number of carbonyl (C=O) groups is 1. The first-order chi connectivity index (χ1) is 18.9. The van der Waals surface area contributed by atoms with Gasteiger partial charge in [-0.1, -0.05) is 66.2 Å². The Morgan fingerprint density at radius 2 is 1.69 bits per heavy atom. The molecule has 0 saturated carbocycles. The summed E-state index contributed by atoms with van der Waals surface area (Å²) in [4.78, 5) is 15.6. The van der Waals surface area contributed by atoms with Crippen LogP contribution in [0.5, 0.6) is 17.2 Å². The number of aromatic hydroxyl groups is 1. The molecule has 1 atom stereocenters. The van der Waals surface area contributed by atoms with Crippen molar-refractivity contribution in [2.45, 2.75) is 26.4 Å². The number of hydrogen-bond acceptors (Lipinski definition) is 4. The van der Waals surface area contributed by atoms with Crippen LogP contribution in [0.25, 0.3) is 11.3 Å². The summed E-state index contributed by atoms with van der Waals surface area (Å²) < 4.78 is 6.13. The Hall–Kier alpha value is -4.55. The molecule has 4 aromatic carbocycles. The lowest BCUT2D eigenvalue weighted by atomic mass is 9.93. The highest BCUT2D eigenvalue weighted by molar-refractivity contribution is 6.31. The summed E-state index contributed by atoms with van der Waals surface area (Å²) in [5.74, 6) is 1.30. The van der Waals surface area contributed by atoms with Gasteiger partial charge in [0.1, 0.15) is 28.6 Å². The normalized spacial score (nSPS) is 14.5. The minimum Gasteiger partial charge on any atom is -0.507 e. The molecule has 194 valence electrons. The van der Waals surface area contributed by atoms with E-state index in [1.54, 1.807) is 11.0 Å². The number of para-hydroxylation sites is 1. The number of halogens is 1. The number of nitrogens with one attached hydrogen (secondary N) is 1. The lowest BCUT2D eigenvalue weighted by Gasteiger charge is -2.27. The first kappa shape index (κ1) is 24.8. The predicted octanol–water partition coefficient (Wildman–Crippen LogP) is 7.59. The fraction of sp³-hybridized carbons (Fsp3) is 0.125. The fourth-order valence-electron chi connectivity index (χ4n) is 5.33. The molecule has 2 N–H and O–H groups in total. The van der Waals surface area contributed by atoms with Gasteiger partial charge in [0, 0.05) is 22.7 Å². The van der Waals surface area contributed by atoms with Crippen LogP contribution in [0.3, 0.4) is 0 Å². The first-order valence-corrected chi connectivity index (χ1v) is 13.0. The minimum absolute atomic E-state index is 0.124. The molecule has 6 nitrogen and oxygen atoms in total. The Balaban J connectivity index is 1.50. The van der Waals surface area contributed by atoms with Crippen molar-refractivity contribution in [3.05, 3.63) is 130 Å². The van der Waals surface area contributed by atoms with Crippen LogP contribution in [0.4, 0.5) is 0 Å². The predicted molar refractivity (Wildman–Crippen MR) is 151 cm³/mol. The molecular weight excluding hydrogens is 510 g/mol. The number of phenols is 1. The van der Waals surface area contributed by atoms with Gasteiger partial charge in [-0.15, -0.1) is 0 Å². The lowest BCUT2D eigenvalue weighted by Crippen LogP contribution is -2.29. The number of H-pyrrole nitrogens is 1. The van der Waals surface area contributed by atoms with Crippen LogP contribution in [0, 0.1) is 13.8 Å². The van der Waals surface area contributed by atoms with E-state index in [4.69, 9.17) is 16.3 Å². The summed E-state index contributed by atoms with van der Waals surface area (Å²) in [6, 6.07) is 28.0. The molecule has 39 heavy (non-hydrogen) atoms. The monoisotopic (exact) mass is 535 g/mol. The quantitative estimate of drug-likeness (QED) is 0.235. The zero-order valence-electron chi connectivity index (χ0n) is 21.5. The number of hydrogen-bond donors (Lipinski definition) is 2. The zero-order chi connectivity index (χ0) is 27.1. The maximum absolute atomic E-state index is 13.9. The van der Waals surface area contributed by atoms with Gasteiger partial charge < -0.3 is 14.7 Å². The number of benzene rings is 4. The van der Waals surface area contributed by atoms with E-state index in [-0.39, 0.29) is 11.7 Å². The summed E-state index contributed by atoms with van der Waals surface area (Å²) in [6.45, 7) is 4.17. The number of fused-ring (bicyclic) bond motifs is 1. The van der Waals surface area contributed by atoms with Gasteiger partial charge in [0.15, 0.2) is 0 Å². The smallest absolute Gasteiger partial charge is 0.273 e. The van der Waals surface area contributed by atoms with Gasteiger partial charge in [0.25, 0.3) is 5.91 Å². The molecule has 1 unspecified atom stereocenters. The number of carbonyl (C=O) groups excluding carboxylic acids is 1. The largest absolute Gasteiger partial charge is 0.507 e. The van der Waals surface area contributed by atoms with Gasteiger partial charge >= 0.3 is 0 Å². The van der Waals surface area contributed by atoms with E-state index in [9.17, 15) is 9.90 Å². The average molecular weight is 536 g/mol. The molecule has 0 bridgehead atoms. The molecule has 0 spiro atoms. The van der Waals surface area contributed by atoms with Crippen LogP contribution in [0.1, 0.15) is 44.3 Å². The third kappa shape index (κ3) is 4.53. The van der Waals surface area contributed by atoms with Gasteiger partial charge in [0.2, 0.25) is 0 Å². The molecule has 5 aromatic rings. The highest BCUT2D eigenvalue weighted by Crippen LogP contribution is 2.47. The van der Waals surface area contributed by atoms with E-state index in [0.29, 0.717) is 39.8 Å². The van der Waals surface area contributed by atoms with Crippen molar-refractivity contribution in [2.75, 3.05) is 0 Å². The summed E-state index contributed by atoms with van der Waals surface area (Å²) in [5, 5.41) is 19.1. The molecule has 1 amide bonds. The molecule has 1 aliphatic rings. The average Bonchev–Trinajstić information content (AvgIpc) is 3.44. The number of amides is 1.